The number of aliphatic hydroxyl groups is 1. The van der Waals surface area contributed by atoms with E-state index in [4.69, 9.17) is 9.84 Å². The van der Waals surface area contributed by atoms with Crippen LogP contribution in [0.4, 0.5) is 0 Å². The first-order chi connectivity index (χ1) is 8.27. The number of esters is 1. The predicted octanol–water partition coefficient (Wildman–Crippen LogP) is 2.11. The summed E-state index contributed by atoms with van der Waals surface area (Å²) in [7, 11) is 0. The molecule has 94 valence electrons. The van der Waals surface area contributed by atoms with Crippen molar-refractivity contribution in [3.05, 3.63) is 35.4 Å². The maximum atomic E-state index is 11.3. The Morgan fingerprint density at radius 1 is 1.24 bits per heavy atom. The van der Waals surface area contributed by atoms with Gasteiger partial charge in [-0.15, -0.1) is 0 Å². The van der Waals surface area contributed by atoms with Gasteiger partial charge in [0.1, 0.15) is 0 Å². The van der Waals surface area contributed by atoms with Gasteiger partial charge in [0.25, 0.3) is 0 Å². The third kappa shape index (κ3) is 5.00. The first kappa shape index (κ1) is 13.7. The van der Waals surface area contributed by atoms with Crippen LogP contribution in [0.25, 0.3) is 0 Å². The van der Waals surface area contributed by atoms with Crippen molar-refractivity contribution < 1.29 is 14.6 Å². The van der Waals surface area contributed by atoms with Gasteiger partial charge in [0.15, 0.2) is 0 Å². The highest BCUT2D eigenvalue weighted by molar-refractivity contribution is 5.69. The van der Waals surface area contributed by atoms with Gasteiger partial charge in [0.2, 0.25) is 0 Å². The Morgan fingerprint density at radius 2 is 1.88 bits per heavy atom. The summed E-state index contributed by atoms with van der Waals surface area (Å²) in [6.07, 6.45) is 2.75. The van der Waals surface area contributed by atoms with Crippen LogP contribution in [0.1, 0.15) is 30.9 Å². The summed E-state index contributed by atoms with van der Waals surface area (Å²) >= 11 is 0. The van der Waals surface area contributed by atoms with Gasteiger partial charge >= 0.3 is 5.97 Å². The van der Waals surface area contributed by atoms with E-state index in [0.29, 0.717) is 19.4 Å². The van der Waals surface area contributed by atoms with Crippen LogP contribution in [0.2, 0.25) is 0 Å². The van der Waals surface area contributed by atoms with Gasteiger partial charge in [0.05, 0.1) is 6.61 Å². The molecular formula is C14H20O3. The number of aryl methyl sites for hydroxylation is 2. The number of hydrogen-bond acceptors (Lipinski definition) is 3. The summed E-state index contributed by atoms with van der Waals surface area (Å²) in [5.74, 6) is -0.149. The Bertz CT molecular complexity index is 347. The molecule has 0 unspecified atom stereocenters. The van der Waals surface area contributed by atoms with Gasteiger partial charge in [-0.2, -0.15) is 0 Å². The van der Waals surface area contributed by atoms with Crippen molar-refractivity contribution in [2.45, 2.75) is 32.6 Å². The molecule has 3 nitrogen and oxygen atoms in total. The van der Waals surface area contributed by atoms with Crippen LogP contribution in [0.15, 0.2) is 24.3 Å². The van der Waals surface area contributed by atoms with Gasteiger partial charge in [-0.05, 0) is 37.3 Å². The number of carbonyl (C=O) groups is 1. The van der Waals surface area contributed by atoms with Crippen molar-refractivity contribution in [3.63, 3.8) is 0 Å². The monoisotopic (exact) mass is 236 g/mol. The van der Waals surface area contributed by atoms with Crippen LogP contribution in [0.3, 0.4) is 0 Å². The second-order valence-corrected chi connectivity index (χ2v) is 3.90. The molecule has 0 saturated heterocycles. The molecule has 1 N–H and O–H groups in total. The fourth-order valence-electron chi connectivity index (χ4n) is 1.78. The van der Waals surface area contributed by atoms with Gasteiger partial charge in [0, 0.05) is 13.0 Å². The molecule has 0 aliphatic rings. The Labute approximate surface area is 102 Å². The molecular weight excluding hydrogens is 216 g/mol. The van der Waals surface area contributed by atoms with Crippen molar-refractivity contribution in [1.82, 2.24) is 0 Å². The summed E-state index contributed by atoms with van der Waals surface area (Å²) in [4.78, 5) is 11.3. The minimum Gasteiger partial charge on any atom is -0.466 e. The zero-order valence-corrected chi connectivity index (χ0v) is 10.3. The normalized spacial score (nSPS) is 10.2. The number of benzene rings is 1. The molecule has 1 aromatic carbocycles. The van der Waals surface area contributed by atoms with E-state index < -0.39 is 0 Å². The van der Waals surface area contributed by atoms with Crippen molar-refractivity contribution in [1.29, 1.82) is 0 Å². The summed E-state index contributed by atoms with van der Waals surface area (Å²) < 4.78 is 4.91. The van der Waals surface area contributed by atoms with Gasteiger partial charge in [-0.3, -0.25) is 4.79 Å². The van der Waals surface area contributed by atoms with Crippen LogP contribution < -0.4 is 0 Å². The third-order valence-corrected chi connectivity index (χ3v) is 2.63. The van der Waals surface area contributed by atoms with Crippen molar-refractivity contribution >= 4 is 5.97 Å². The van der Waals surface area contributed by atoms with E-state index in [2.05, 4.69) is 6.07 Å². The maximum absolute atomic E-state index is 11.3. The van der Waals surface area contributed by atoms with E-state index in [-0.39, 0.29) is 12.6 Å². The van der Waals surface area contributed by atoms with E-state index >= 15 is 0 Å². The number of carbonyl (C=O) groups excluding carboxylic acids is 1. The Hall–Kier alpha value is -1.35. The molecule has 0 heterocycles. The molecule has 0 fully saturated rings. The Morgan fingerprint density at radius 3 is 2.47 bits per heavy atom. The maximum Gasteiger partial charge on any atom is 0.306 e. The number of rotatable bonds is 7. The highest BCUT2D eigenvalue weighted by Crippen LogP contribution is 2.13. The minimum atomic E-state index is -0.149. The van der Waals surface area contributed by atoms with Crippen LogP contribution in [0, 0.1) is 0 Å². The fourth-order valence-corrected chi connectivity index (χ4v) is 1.78. The fraction of sp³-hybridized carbons (Fsp3) is 0.500. The topological polar surface area (TPSA) is 46.5 Å². The molecule has 0 spiro atoms. The highest BCUT2D eigenvalue weighted by Gasteiger charge is 2.06. The molecule has 0 amide bonds. The molecule has 1 aromatic rings. The Balaban J connectivity index is 2.54. The minimum absolute atomic E-state index is 0.149. The molecule has 0 radical (unpaired) electrons. The molecule has 1 rings (SSSR count). The van der Waals surface area contributed by atoms with E-state index in [9.17, 15) is 4.79 Å². The average Bonchev–Trinajstić information content (AvgIpc) is 2.35. The second kappa shape index (κ2) is 7.85. The predicted molar refractivity (Wildman–Crippen MR) is 66.8 cm³/mol. The van der Waals surface area contributed by atoms with Gasteiger partial charge < -0.3 is 9.84 Å². The molecule has 17 heavy (non-hydrogen) atoms. The summed E-state index contributed by atoms with van der Waals surface area (Å²) in [5, 5.41) is 8.83. The molecule has 0 aromatic heterocycles. The quantitative estimate of drug-likeness (QED) is 0.737. The largest absolute Gasteiger partial charge is 0.466 e. The summed E-state index contributed by atoms with van der Waals surface area (Å²) in [6.45, 7) is 2.45. The molecule has 0 bridgehead atoms. The van der Waals surface area contributed by atoms with Crippen LogP contribution in [0.5, 0.6) is 0 Å². The van der Waals surface area contributed by atoms with E-state index in [1.807, 2.05) is 25.1 Å². The summed E-state index contributed by atoms with van der Waals surface area (Å²) in [5.41, 5.74) is 2.39. The highest BCUT2D eigenvalue weighted by atomic mass is 16.5. The standard InChI is InChI=1S/C14H20O3/c1-2-17-14(16)10-9-13-7-4-3-6-12(13)8-5-11-15/h3-4,6-7,15H,2,5,8-11H2,1H3. The SMILES string of the molecule is CCOC(=O)CCc1ccccc1CCCO. The molecule has 0 atom stereocenters. The van der Waals surface area contributed by atoms with Crippen LogP contribution >= 0.6 is 0 Å². The van der Waals surface area contributed by atoms with Crippen molar-refractivity contribution in [2.75, 3.05) is 13.2 Å². The number of aliphatic hydroxyl groups excluding tert-OH is 1. The van der Waals surface area contributed by atoms with Gasteiger partial charge in [-0.25, -0.2) is 0 Å². The smallest absolute Gasteiger partial charge is 0.306 e. The van der Waals surface area contributed by atoms with E-state index in [1.165, 1.54) is 11.1 Å². The number of ether oxygens (including phenoxy) is 1. The van der Waals surface area contributed by atoms with Crippen molar-refractivity contribution in [2.24, 2.45) is 0 Å². The zero-order chi connectivity index (χ0) is 12.5. The Kier molecular flexibility index (Phi) is 6.33. The van der Waals surface area contributed by atoms with Gasteiger partial charge in [-0.1, -0.05) is 24.3 Å². The summed E-state index contributed by atoms with van der Waals surface area (Å²) in [6, 6.07) is 8.05. The van der Waals surface area contributed by atoms with Crippen LogP contribution in [-0.4, -0.2) is 24.3 Å². The van der Waals surface area contributed by atoms with Crippen LogP contribution in [-0.2, 0) is 22.4 Å². The lowest BCUT2D eigenvalue weighted by Crippen LogP contribution is -2.06. The molecule has 0 saturated carbocycles. The van der Waals surface area contributed by atoms with E-state index in [1.54, 1.807) is 0 Å². The second-order valence-electron chi connectivity index (χ2n) is 3.90. The lowest BCUT2D eigenvalue weighted by molar-refractivity contribution is -0.143. The van der Waals surface area contributed by atoms with E-state index in [0.717, 1.165) is 12.8 Å². The molecule has 3 heteroatoms. The first-order valence-electron chi connectivity index (χ1n) is 6.11. The average molecular weight is 236 g/mol. The zero-order valence-electron chi connectivity index (χ0n) is 10.3. The molecule has 0 aliphatic carbocycles. The third-order valence-electron chi connectivity index (χ3n) is 2.63. The lowest BCUT2D eigenvalue weighted by atomic mass is 9.99. The first-order valence-corrected chi connectivity index (χ1v) is 6.11. The number of hydrogen-bond donors (Lipinski definition) is 1. The lowest BCUT2D eigenvalue weighted by Gasteiger charge is -2.08. The van der Waals surface area contributed by atoms with Crippen molar-refractivity contribution in [3.8, 4) is 0 Å². The molecule has 0 aliphatic heterocycles.